The molecule has 0 bridgehead atoms. The summed E-state index contributed by atoms with van der Waals surface area (Å²) in [6, 6.07) is 9.91. The fourth-order valence-electron chi connectivity index (χ4n) is 1.93. The molecule has 0 aliphatic heterocycles. The van der Waals surface area contributed by atoms with E-state index in [1.165, 1.54) is 11.8 Å². The van der Waals surface area contributed by atoms with E-state index < -0.39 is 0 Å². The molecule has 1 aromatic carbocycles. The van der Waals surface area contributed by atoms with Gasteiger partial charge in [-0.3, -0.25) is 0 Å². The Hall–Kier alpha value is -1.57. The van der Waals surface area contributed by atoms with E-state index in [4.69, 9.17) is 11.6 Å². The van der Waals surface area contributed by atoms with Crippen molar-refractivity contribution < 1.29 is 0 Å². The summed E-state index contributed by atoms with van der Waals surface area (Å²) in [4.78, 5) is 8.62. The van der Waals surface area contributed by atoms with E-state index in [1.54, 1.807) is 0 Å². The number of nitrogens with zero attached hydrogens (tertiary/aromatic N) is 3. The zero-order chi connectivity index (χ0) is 14.7. The predicted octanol–water partition coefficient (Wildman–Crippen LogP) is 4.47. The summed E-state index contributed by atoms with van der Waals surface area (Å²) in [5.74, 6) is 0.676. The van der Waals surface area contributed by atoms with Gasteiger partial charge in [-0.15, -0.1) is 0 Å². The number of thioether (sulfide) groups is 1. The first-order chi connectivity index (χ1) is 9.52. The molecule has 20 heavy (non-hydrogen) atoms. The Morgan fingerprint density at radius 3 is 2.60 bits per heavy atom. The minimum atomic E-state index is 0.115. The molecular weight excluding hydrogens is 290 g/mol. The highest BCUT2D eigenvalue weighted by Crippen LogP contribution is 2.38. The molecule has 1 aromatic heterocycles. The van der Waals surface area contributed by atoms with Crippen molar-refractivity contribution in [1.29, 1.82) is 5.26 Å². The van der Waals surface area contributed by atoms with Crippen molar-refractivity contribution in [3.8, 4) is 6.07 Å². The SMILES string of the molecule is Cc1nc(C)c(C#N)c(SC(C)c2ccccc2Cl)n1. The second-order valence-electron chi connectivity index (χ2n) is 4.43. The normalized spacial score (nSPS) is 11.9. The molecule has 0 saturated carbocycles. The molecule has 0 amide bonds. The van der Waals surface area contributed by atoms with E-state index >= 15 is 0 Å². The Kier molecular flexibility index (Phi) is 4.64. The minimum Gasteiger partial charge on any atom is -0.237 e. The van der Waals surface area contributed by atoms with Crippen LogP contribution in [0.4, 0.5) is 0 Å². The molecule has 0 saturated heterocycles. The topological polar surface area (TPSA) is 49.6 Å². The van der Waals surface area contributed by atoms with E-state index in [9.17, 15) is 5.26 Å². The van der Waals surface area contributed by atoms with Gasteiger partial charge in [0.25, 0.3) is 0 Å². The highest BCUT2D eigenvalue weighted by Gasteiger charge is 2.16. The molecule has 2 aromatic rings. The van der Waals surface area contributed by atoms with Crippen molar-refractivity contribution >= 4 is 23.4 Å². The van der Waals surface area contributed by atoms with Crippen molar-refractivity contribution in [3.05, 3.63) is 51.9 Å². The van der Waals surface area contributed by atoms with Gasteiger partial charge in [0, 0.05) is 10.3 Å². The highest BCUT2D eigenvalue weighted by atomic mass is 35.5. The molecule has 0 radical (unpaired) electrons. The Morgan fingerprint density at radius 1 is 1.25 bits per heavy atom. The van der Waals surface area contributed by atoms with E-state index in [1.807, 2.05) is 38.1 Å². The van der Waals surface area contributed by atoms with Crippen LogP contribution >= 0.6 is 23.4 Å². The number of hydrogen-bond donors (Lipinski definition) is 0. The quantitative estimate of drug-likeness (QED) is 0.620. The average molecular weight is 304 g/mol. The van der Waals surface area contributed by atoms with Crippen LogP contribution in [0.3, 0.4) is 0 Å². The Balaban J connectivity index is 2.36. The maximum atomic E-state index is 9.26. The summed E-state index contributed by atoms with van der Waals surface area (Å²) < 4.78 is 0. The number of benzene rings is 1. The standard InChI is InChI=1S/C15H14ClN3S/c1-9-13(8-17)15(19-11(3)18-9)20-10(2)12-6-4-5-7-14(12)16/h4-7,10H,1-3H3. The van der Waals surface area contributed by atoms with Gasteiger partial charge in [-0.2, -0.15) is 5.26 Å². The number of halogens is 1. The van der Waals surface area contributed by atoms with Crippen LogP contribution in [0, 0.1) is 25.2 Å². The monoisotopic (exact) mass is 303 g/mol. The third-order valence-electron chi connectivity index (χ3n) is 2.91. The van der Waals surface area contributed by atoms with Crippen LogP contribution in [-0.4, -0.2) is 9.97 Å². The van der Waals surface area contributed by atoms with E-state index in [0.29, 0.717) is 22.1 Å². The second kappa shape index (κ2) is 6.25. The van der Waals surface area contributed by atoms with Gasteiger partial charge in [0.2, 0.25) is 0 Å². The zero-order valence-electron chi connectivity index (χ0n) is 11.5. The van der Waals surface area contributed by atoms with Crippen LogP contribution in [0.2, 0.25) is 5.02 Å². The smallest absolute Gasteiger partial charge is 0.126 e. The Bertz CT molecular complexity index is 679. The van der Waals surface area contributed by atoms with Crippen LogP contribution in [-0.2, 0) is 0 Å². The first kappa shape index (κ1) is 14.8. The summed E-state index contributed by atoms with van der Waals surface area (Å²) in [7, 11) is 0. The Morgan fingerprint density at radius 2 is 1.95 bits per heavy atom. The summed E-state index contributed by atoms with van der Waals surface area (Å²) in [5, 5.41) is 10.8. The van der Waals surface area contributed by atoms with Crippen molar-refractivity contribution in [1.82, 2.24) is 9.97 Å². The molecule has 0 spiro atoms. The maximum Gasteiger partial charge on any atom is 0.126 e. The lowest BCUT2D eigenvalue weighted by Crippen LogP contribution is -2.00. The predicted molar refractivity (Wildman–Crippen MR) is 81.9 cm³/mol. The van der Waals surface area contributed by atoms with Gasteiger partial charge in [-0.25, -0.2) is 9.97 Å². The van der Waals surface area contributed by atoms with Crippen LogP contribution in [0.15, 0.2) is 29.3 Å². The van der Waals surface area contributed by atoms with Gasteiger partial charge in [-0.1, -0.05) is 41.6 Å². The number of hydrogen-bond acceptors (Lipinski definition) is 4. The highest BCUT2D eigenvalue weighted by molar-refractivity contribution is 7.99. The van der Waals surface area contributed by atoms with E-state index in [2.05, 4.69) is 23.0 Å². The minimum absolute atomic E-state index is 0.115. The Labute approximate surface area is 128 Å². The molecule has 0 aliphatic carbocycles. The second-order valence-corrected chi connectivity index (χ2v) is 6.17. The molecule has 1 heterocycles. The molecule has 0 N–H and O–H groups in total. The molecule has 5 heteroatoms. The fraction of sp³-hybridized carbons (Fsp3) is 0.267. The molecule has 0 aliphatic rings. The van der Waals surface area contributed by atoms with Crippen LogP contribution < -0.4 is 0 Å². The molecule has 1 unspecified atom stereocenters. The summed E-state index contributed by atoms with van der Waals surface area (Å²) in [6.07, 6.45) is 0. The number of aromatic nitrogens is 2. The summed E-state index contributed by atoms with van der Waals surface area (Å²) in [6.45, 7) is 5.72. The molecule has 102 valence electrons. The number of rotatable bonds is 3. The van der Waals surface area contributed by atoms with Crippen molar-refractivity contribution in [2.45, 2.75) is 31.0 Å². The van der Waals surface area contributed by atoms with Gasteiger partial charge in [0.1, 0.15) is 22.5 Å². The van der Waals surface area contributed by atoms with Crippen molar-refractivity contribution in [3.63, 3.8) is 0 Å². The van der Waals surface area contributed by atoms with Gasteiger partial charge >= 0.3 is 0 Å². The van der Waals surface area contributed by atoms with Crippen molar-refractivity contribution in [2.75, 3.05) is 0 Å². The first-order valence-electron chi connectivity index (χ1n) is 6.19. The van der Waals surface area contributed by atoms with Gasteiger partial charge in [0.05, 0.1) is 5.69 Å². The molecular formula is C15H14ClN3S. The number of aryl methyl sites for hydroxylation is 2. The van der Waals surface area contributed by atoms with E-state index in [0.717, 1.165) is 10.6 Å². The maximum absolute atomic E-state index is 9.26. The van der Waals surface area contributed by atoms with Gasteiger partial charge < -0.3 is 0 Å². The van der Waals surface area contributed by atoms with Crippen LogP contribution in [0.1, 0.15) is 34.8 Å². The first-order valence-corrected chi connectivity index (χ1v) is 7.45. The summed E-state index contributed by atoms with van der Waals surface area (Å²) >= 11 is 7.74. The molecule has 2 rings (SSSR count). The molecule has 1 atom stereocenters. The van der Waals surface area contributed by atoms with Gasteiger partial charge in [0.15, 0.2) is 0 Å². The lowest BCUT2D eigenvalue weighted by Gasteiger charge is -2.14. The average Bonchev–Trinajstić information content (AvgIpc) is 2.38. The number of nitriles is 1. The lowest BCUT2D eigenvalue weighted by atomic mass is 10.2. The molecule has 3 nitrogen and oxygen atoms in total. The fourth-order valence-corrected chi connectivity index (χ4v) is 3.46. The third-order valence-corrected chi connectivity index (χ3v) is 4.38. The van der Waals surface area contributed by atoms with Crippen LogP contribution in [0.5, 0.6) is 0 Å². The van der Waals surface area contributed by atoms with Crippen molar-refractivity contribution in [2.24, 2.45) is 0 Å². The van der Waals surface area contributed by atoms with Gasteiger partial charge in [-0.05, 0) is 32.4 Å². The lowest BCUT2D eigenvalue weighted by molar-refractivity contribution is 0.918. The zero-order valence-corrected chi connectivity index (χ0v) is 13.1. The van der Waals surface area contributed by atoms with Crippen LogP contribution in [0.25, 0.3) is 0 Å². The summed E-state index contributed by atoms with van der Waals surface area (Å²) in [5.41, 5.74) is 2.30. The molecule has 0 fully saturated rings. The largest absolute Gasteiger partial charge is 0.237 e. The third kappa shape index (κ3) is 3.12. The van der Waals surface area contributed by atoms with E-state index in [-0.39, 0.29) is 5.25 Å².